The van der Waals surface area contributed by atoms with Crippen LogP contribution in [0.1, 0.15) is 23.6 Å². The lowest BCUT2D eigenvalue weighted by atomic mass is 10.0. The zero-order valence-electron chi connectivity index (χ0n) is 23.1. The highest BCUT2D eigenvalue weighted by atomic mass is 19.4. The summed E-state index contributed by atoms with van der Waals surface area (Å²) < 4.78 is 55.4. The fourth-order valence-corrected chi connectivity index (χ4v) is 5.27. The number of nitrogens with zero attached hydrogens (tertiary/aromatic N) is 6. The molecule has 2 aliphatic heterocycles. The quantitative estimate of drug-likeness (QED) is 0.310. The van der Waals surface area contributed by atoms with Crippen molar-refractivity contribution in [3.8, 4) is 16.9 Å². The van der Waals surface area contributed by atoms with E-state index in [1.54, 1.807) is 10.9 Å². The Morgan fingerprint density at radius 3 is 2.52 bits per heavy atom. The molecule has 1 N–H and O–H groups in total. The molecule has 220 valence electrons. The van der Waals surface area contributed by atoms with Crippen molar-refractivity contribution in [1.82, 2.24) is 19.7 Å². The van der Waals surface area contributed by atoms with Crippen LogP contribution in [0.4, 0.5) is 36.3 Å². The second kappa shape index (κ2) is 11.5. The van der Waals surface area contributed by atoms with Gasteiger partial charge in [0.15, 0.2) is 5.82 Å². The smallest absolute Gasteiger partial charge is 0.421 e. The van der Waals surface area contributed by atoms with Crippen molar-refractivity contribution in [2.24, 2.45) is 7.05 Å². The molecular weight excluding hydrogens is 551 g/mol. The highest BCUT2D eigenvalue weighted by molar-refractivity contribution is 5.85. The molecule has 0 saturated carbocycles. The summed E-state index contributed by atoms with van der Waals surface area (Å²) >= 11 is 0. The normalized spacial score (nSPS) is 17.5. The van der Waals surface area contributed by atoms with Gasteiger partial charge >= 0.3 is 6.18 Å². The van der Waals surface area contributed by atoms with Crippen LogP contribution in [-0.2, 0) is 22.8 Å². The molecule has 2 aromatic carbocycles. The van der Waals surface area contributed by atoms with E-state index in [9.17, 15) is 13.2 Å². The Morgan fingerprint density at radius 1 is 1.05 bits per heavy atom. The van der Waals surface area contributed by atoms with E-state index in [1.165, 1.54) is 12.2 Å². The molecule has 4 heterocycles. The van der Waals surface area contributed by atoms with Gasteiger partial charge in [0.25, 0.3) is 0 Å². The molecule has 0 aliphatic carbocycles. The van der Waals surface area contributed by atoms with E-state index in [2.05, 4.69) is 25.3 Å². The van der Waals surface area contributed by atoms with Gasteiger partial charge < -0.3 is 19.7 Å². The third-order valence-electron chi connectivity index (χ3n) is 7.30. The van der Waals surface area contributed by atoms with Crippen molar-refractivity contribution >= 4 is 23.1 Å². The summed E-state index contributed by atoms with van der Waals surface area (Å²) in [5.41, 5.74) is 3.00. The molecule has 0 unspecified atom stereocenters. The van der Waals surface area contributed by atoms with E-state index in [-0.39, 0.29) is 18.4 Å². The fraction of sp³-hybridized carbons (Fsp3) is 0.345. The number of benzene rings is 2. The van der Waals surface area contributed by atoms with E-state index in [0.29, 0.717) is 44.2 Å². The van der Waals surface area contributed by atoms with Crippen LogP contribution in [0.25, 0.3) is 11.1 Å². The highest BCUT2D eigenvalue weighted by Gasteiger charge is 2.40. The van der Waals surface area contributed by atoms with E-state index in [1.807, 2.05) is 55.7 Å². The summed E-state index contributed by atoms with van der Waals surface area (Å²) in [6.45, 7) is 2.86. The van der Waals surface area contributed by atoms with Gasteiger partial charge in [-0.15, -0.1) is 0 Å². The van der Waals surface area contributed by atoms with Gasteiger partial charge in [0.05, 0.1) is 44.9 Å². The van der Waals surface area contributed by atoms with E-state index in [0.717, 1.165) is 28.6 Å². The van der Waals surface area contributed by atoms with E-state index >= 15 is 0 Å². The molecule has 0 bridgehead atoms. The van der Waals surface area contributed by atoms with Gasteiger partial charge in [0.1, 0.15) is 11.3 Å². The molecule has 0 amide bonds. The van der Waals surface area contributed by atoms with Gasteiger partial charge in [-0.1, -0.05) is 30.3 Å². The number of aromatic nitrogens is 4. The first-order chi connectivity index (χ1) is 20.3. The van der Waals surface area contributed by atoms with Crippen molar-refractivity contribution in [3.05, 3.63) is 72.2 Å². The van der Waals surface area contributed by atoms with Gasteiger partial charge in [0, 0.05) is 61.8 Å². The fourth-order valence-electron chi connectivity index (χ4n) is 5.27. The number of ether oxygens (including phenoxy) is 2. The van der Waals surface area contributed by atoms with E-state index < -0.39 is 17.8 Å². The van der Waals surface area contributed by atoms with Gasteiger partial charge in [0.2, 0.25) is 5.95 Å². The number of aryl methyl sites for hydroxylation is 1. The van der Waals surface area contributed by atoms with Crippen LogP contribution in [-0.4, -0.2) is 59.8 Å². The maximum atomic E-state index is 14.1. The molecule has 6 rings (SSSR count). The number of rotatable bonds is 7. The number of nitrogens with one attached hydrogen (secondary N) is 1. The Morgan fingerprint density at radius 2 is 1.83 bits per heavy atom. The van der Waals surface area contributed by atoms with Crippen LogP contribution in [0.5, 0.6) is 5.75 Å². The zero-order chi connectivity index (χ0) is 29.3. The Bertz CT molecular complexity index is 1540. The summed E-state index contributed by atoms with van der Waals surface area (Å²) in [5.74, 6) is 0.0892. The average molecular weight is 582 g/mol. The predicted molar refractivity (Wildman–Crippen MR) is 151 cm³/mol. The SMILES string of the molecule is COc1cc(N2CCOCC2)c(-c2cnn(C)c2)cc1Nc1ncc(C(F)(F)F)c(N2OCC[C@H]2c2ccccc2)n1. The Labute approximate surface area is 240 Å². The number of morpholine rings is 1. The molecule has 0 spiro atoms. The number of alkyl halides is 3. The highest BCUT2D eigenvalue weighted by Crippen LogP contribution is 2.43. The van der Waals surface area contributed by atoms with Crippen molar-refractivity contribution in [2.45, 2.75) is 18.6 Å². The van der Waals surface area contributed by atoms with Crippen LogP contribution in [0, 0.1) is 0 Å². The van der Waals surface area contributed by atoms with Crippen molar-refractivity contribution in [1.29, 1.82) is 0 Å². The summed E-state index contributed by atoms with van der Waals surface area (Å²) in [6.07, 6.45) is 0.268. The molecule has 2 aliphatic rings. The monoisotopic (exact) mass is 581 g/mol. The van der Waals surface area contributed by atoms with Crippen LogP contribution in [0.15, 0.2) is 61.1 Å². The lowest BCUT2D eigenvalue weighted by molar-refractivity contribution is -0.138. The van der Waals surface area contributed by atoms with E-state index in [4.69, 9.17) is 14.3 Å². The first kappa shape index (κ1) is 27.8. The molecule has 1 atom stereocenters. The largest absolute Gasteiger partial charge is 0.494 e. The average Bonchev–Trinajstić information content (AvgIpc) is 3.67. The zero-order valence-corrected chi connectivity index (χ0v) is 23.1. The predicted octanol–water partition coefficient (Wildman–Crippen LogP) is 5.37. The molecule has 42 heavy (non-hydrogen) atoms. The maximum absolute atomic E-state index is 14.1. The number of anilines is 4. The van der Waals surface area contributed by atoms with Crippen LogP contribution >= 0.6 is 0 Å². The third kappa shape index (κ3) is 5.57. The van der Waals surface area contributed by atoms with Crippen LogP contribution < -0.4 is 20.0 Å². The van der Waals surface area contributed by atoms with Gasteiger partial charge in [-0.3, -0.25) is 9.52 Å². The number of hydrogen-bond donors (Lipinski definition) is 1. The Kier molecular flexibility index (Phi) is 7.60. The minimum Gasteiger partial charge on any atom is -0.494 e. The molecule has 2 aromatic heterocycles. The molecule has 10 nitrogen and oxygen atoms in total. The topological polar surface area (TPSA) is 89.8 Å². The lowest BCUT2D eigenvalue weighted by Crippen LogP contribution is -2.36. The van der Waals surface area contributed by atoms with Crippen LogP contribution in [0.3, 0.4) is 0 Å². The van der Waals surface area contributed by atoms with Crippen molar-refractivity contribution in [2.75, 3.05) is 55.3 Å². The number of methoxy groups -OCH3 is 1. The maximum Gasteiger partial charge on any atom is 0.421 e. The Balaban J connectivity index is 1.41. The summed E-state index contributed by atoms with van der Waals surface area (Å²) in [5, 5.41) is 8.67. The first-order valence-corrected chi connectivity index (χ1v) is 13.5. The number of hydroxylamine groups is 1. The Hall–Kier alpha value is -4.36. The van der Waals surface area contributed by atoms with Crippen molar-refractivity contribution < 1.29 is 27.5 Å². The van der Waals surface area contributed by atoms with Gasteiger partial charge in [-0.05, 0) is 11.6 Å². The standard InChI is InChI=1S/C29H30F3N7O3/c1-37-18-20(16-34-37)21-14-23(26(40-2)15-25(21)38-9-12-41-13-10-38)35-28-33-17-22(29(30,31)32)27(36-28)39-24(8-11-42-39)19-6-4-3-5-7-19/h3-7,14-18,24H,8-13H2,1-2H3,(H,33,35,36)/t24-/m0/s1. The summed E-state index contributed by atoms with van der Waals surface area (Å²) in [7, 11) is 3.37. The molecule has 2 saturated heterocycles. The molecule has 2 fully saturated rings. The second-order valence-corrected chi connectivity index (χ2v) is 10.00. The number of halogens is 3. The second-order valence-electron chi connectivity index (χ2n) is 10.00. The molecule has 13 heteroatoms. The van der Waals surface area contributed by atoms with Crippen LogP contribution in [0.2, 0.25) is 0 Å². The molecule has 4 aromatic rings. The molecular formula is C29H30F3N7O3. The summed E-state index contributed by atoms with van der Waals surface area (Å²) in [6, 6.07) is 12.6. The minimum absolute atomic E-state index is 0.0325. The summed E-state index contributed by atoms with van der Waals surface area (Å²) in [4.78, 5) is 16.3. The minimum atomic E-state index is -4.69. The third-order valence-corrected chi connectivity index (χ3v) is 7.30. The van der Waals surface area contributed by atoms with Gasteiger partial charge in [-0.2, -0.15) is 23.3 Å². The lowest BCUT2D eigenvalue weighted by Gasteiger charge is -2.31. The first-order valence-electron chi connectivity index (χ1n) is 13.5. The van der Waals surface area contributed by atoms with Crippen molar-refractivity contribution in [3.63, 3.8) is 0 Å². The molecule has 0 radical (unpaired) electrons. The van der Waals surface area contributed by atoms with Gasteiger partial charge in [-0.25, -0.2) is 10.0 Å². The number of hydrogen-bond acceptors (Lipinski definition) is 9.